The Balaban J connectivity index is 1.15. The van der Waals surface area contributed by atoms with Crippen LogP contribution < -0.4 is 0 Å². The van der Waals surface area contributed by atoms with Crippen LogP contribution in [-0.4, -0.2) is 28.4 Å². The molecule has 1 aromatic carbocycles. The lowest BCUT2D eigenvalue weighted by molar-refractivity contribution is -0.147. The molecule has 2 fully saturated rings. The topological polar surface area (TPSA) is 55.8 Å². The molecular weight excluding hydrogens is 364 g/mol. The summed E-state index contributed by atoms with van der Waals surface area (Å²) in [6.07, 6.45) is 15.0. The van der Waals surface area contributed by atoms with Crippen LogP contribution in [0.5, 0.6) is 5.75 Å². The number of carbonyl (C=O) groups is 1. The summed E-state index contributed by atoms with van der Waals surface area (Å²) in [7, 11) is 0. The van der Waals surface area contributed by atoms with Crippen LogP contribution in [0.1, 0.15) is 96.5 Å². The van der Waals surface area contributed by atoms with E-state index >= 15 is 0 Å². The molecule has 0 amide bonds. The Morgan fingerprint density at radius 1 is 0.931 bits per heavy atom. The van der Waals surface area contributed by atoms with E-state index in [2.05, 4.69) is 6.92 Å². The Bertz CT molecular complexity index is 655. The first-order valence-corrected chi connectivity index (χ1v) is 11.6. The van der Waals surface area contributed by atoms with Crippen molar-refractivity contribution < 1.29 is 19.4 Å². The number of benzene rings is 1. The van der Waals surface area contributed by atoms with Crippen LogP contribution in [0.2, 0.25) is 0 Å². The first-order valence-electron chi connectivity index (χ1n) is 11.6. The van der Waals surface area contributed by atoms with Crippen LogP contribution >= 0.6 is 0 Å². The van der Waals surface area contributed by atoms with Crippen molar-refractivity contribution in [1.82, 2.24) is 0 Å². The average molecular weight is 403 g/mol. The highest BCUT2D eigenvalue weighted by Gasteiger charge is 2.57. The molecule has 162 valence electrons. The highest BCUT2D eigenvalue weighted by atomic mass is 16.6. The maximum atomic E-state index is 11.5. The van der Waals surface area contributed by atoms with Gasteiger partial charge in [-0.3, -0.25) is 4.79 Å². The van der Waals surface area contributed by atoms with Crippen molar-refractivity contribution in [3.63, 3.8) is 0 Å². The van der Waals surface area contributed by atoms with Crippen molar-refractivity contribution in [2.24, 2.45) is 0 Å². The van der Waals surface area contributed by atoms with Crippen molar-refractivity contribution in [2.45, 2.75) is 115 Å². The molecule has 0 spiro atoms. The summed E-state index contributed by atoms with van der Waals surface area (Å²) >= 11 is 0. The monoisotopic (exact) mass is 402 g/mol. The van der Waals surface area contributed by atoms with E-state index in [9.17, 15) is 9.90 Å². The number of fused-ring (bicyclic) bond motifs is 1. The van der Waals surface area contributed by atoms with Gasteiger partial charge in [0.15, 0.2) is 0 Å². The molecule has 1 aromatic rings. The summed E-state index contributed by atoms with van der Waals surface area (Å²) in [5, 5.41) is 9.30. The Labute approximate surface area is 176 Å². The van der Waals surface area contributed by atoms with Crippen molar-refractivity contribution in [3.8, 4) is 5.75 Å². The molecule has 4 heteroatoms. The second kappa shape index (κ2) is 9.97. The number of esters is 1. The second-order valence-corrected chi connectivity index (χ2v) is 9.57. The summed E-state index contributed by atoms with van der Waals surface area (Å²) in [5.41, 5.74) is 0.796. The van der Waals surface area contributed by atoms with E-state index in [1.54, 1.807) is 12.1 Å². The van der Waals surface area contributed by atoms with Crippen molar-refractivity contribution in [2.75, 3.05) is 0 Å². The quantitative estimate of drug-likeness (QED) is 0.339. The molecule has 0 bridgehead atoms. The fourth-order valence-electron chi connectivity index (χ4n) is 5.05. The number of hydrogen-bond acceptors (Lipinski definition) is 4. The van der Waals surface area contributed by atoms with E-state index in [4.69, 9.17) is 9.47 Å². The molecule has 2 aliphatic rings. The number of aromatic hydroxyl groups is 1. The molecule has 0 unspecified atom stereocenters. The molecule has 29 heavy (non-hydrogen) atoms. The molecule has 4 nitrogen and oxygen atoms in total. The zero-order valence-corrected chi connectivity index (χ0v) is 18.3. The highest BCUT2D eigenvalue weighted by Crippen LogP contribution is 2.47. The molecule has 1 N–H and O–H groups in total. The molecule has 2 aliphatic heterocycles. The Hall–Kier alpha value is -1.55. The minimum absolute atomic E-state index is 0.0472. The Morgan fingerprint density at radius 2 is 1.52 bits per heavy atom. The third kappa shape index (κ3) is 6.47. The summed E-state index contributed by atoms with van der Waals surface area (Å²) in [5.74, 6) is 0.237. The summed E-state index contributed by atoms with van der Waals surface area (Å²) in [4.78, 5) is 11.5. The van der Waals surface area contributed by atoms with Gasteiger partial charge in [0.1, 0.15) is 17.5 Å². The Kier molecular flexibility index (Phi) is 7.61. The van der Waals surface area contributed by atoms with E-state index in [-0.39, 0.29) is 17.7 Å². The SMILES string of the molecule is C[C@]1(CCCCCCCCCCCc2ccc(O)cc2)C[C@]2(C)OC(=O)C[C@@H]2O1. The molecule has 0 aliphatic carbocycles. The molecule has 0 radical (unpaired) electrons. The van der Waals surface area contributed by atoms with Gasteiger partial charge in [0.25, 0.3) is 0 Å². The van der Waals surface area contributed by atoms with Crippen molar-refractivity contribution >= 4 is 5.97 Å². The number of ether oxygens (including phenoxy) is 2. The minimum atomic E-state index is -0.395. The molecule has 3 rings (SSSR count). The van der Waals surface area contributed by atoms with Gasteiger partial charge in [-0.2, -0.15) is 0 Å². The third-order valence-electron chi connectivity index (χ3n) is 6.64. The van der Waals surface area contributed by atoms with Gasteiger partial charge in [-0.15, -0.1) is 0 Å². The maximum Gasteiger partial charge on any atom is 0.309 e. The van der Waals surface area contributed by atoms with Gasteiger partial charge >= 0.3 is 5.97 Å². The van der Waals surface area contributed by atoms with Gasteiger partial charge < -0.3 is 14.6 Å². The predicted molar refractivity (Wildman–Crippen MR) is 115 cm³/mol. The van der Waals surface area contributed by atoms with E-state index in [0.29, 0.717) is 12.2 Å². The lowest BCUT2D eigenvalue weighted by Crippen LogP contribution is -2.31. The number of phenols is 1. The number of aryl methyl sites for hydroxylation is 1. The first kappa shape index (κ1) is 22.1. The highest BCUT2D eigenvalue weighted by molar-refractivity contribution is 5.73. The van der Waals surface area contributed by atoms with Gasteiger partial charge in [-0.1, -0.05) is 63.5 Å². The molecule has 2 saturated heterocycles. The lowest BCUT2D eigenvalue weighted by atomic mass is 9.87. The minimum Gasteiger partial charge on any atom is -0.508 e. The van der Waals surface area contributed by atoms with Crippen LogP contribution in [0, 0.1) is 0 Å². The summed E-state index contributed by atoms with van der Waals surface area (Å²) < 4.78 is 11.7. The predicted octanol–water partition coefficient (Wildman–Crippen LogP) is 6.09. The maximum absolute atomic E-state index is 11.5. The summed E-state index contributed by atoms with van der Waals surface area (Å²) in [6.45, 7) is 4.21. The van der Waals surface area contributed by atoms with E-state index < -0.39 is 5.60 Å². The molecule has 2 heterocycles. The van der Waals surface area contributed by atoms with E-state index in [0.717, 1.165) is 19.3 Å². The fourth-order valence-corrected chi connectivity index (χ4v) is 5.05. The van der Waals surface area contributed by atoms with Crippen molar-refractivity contribution in [1.29, 1.82) is 0 Å². The smallest absolute Gasteiger partial charge is 0.309 e. The number of rotatable bonds is 12. The third-order valence-corrected chi connectivity index (χ3v) is 6.64. The van der Waals surface area contributed by atoms with Crippen LogP contribution in [0.4, 0.5) is 0 Å². The van der Waals surface area contributed by atoms with E-state index in [1.807, 2.05) is 19.1 Å². The number of hydrogen-bond donors (Lipinski definition) is 1. The van der Waals surface area contributed by atoms with Gasteiger partial charge in [0, 0.05) is 6.42 Å². The van der Waals surface area contributed by atoms with Crippen molar-refractivity contribution in [3.05, 3.63) is 29.8 Å². The number of carbonyl (C=O) groups excluding carboxylic acids is 1. The molecule has 0 saturated carbocycles. The number of unbranched alkanes of at least 4 members (excludes halogenated alkanes) is 8. The van der Waals surface area contributed by atoms with Gasteiger partial charge in [0.05, 0.1) is 12.0 Å². The number of phenolic OH excluding ortho intramolecular Hbond substituents is 1. The van der Waals surface area contributed by atoms with Crippen LogP contribution in [0.3, 0.4) is 0 Å². The normalized spacial score (nSPS) is 28.5. The average Bonchev–Trinajstić information content (AvgIpc) is 3.06. The Morgan fingerprint density at radius 3 is 2.14 bits per heavy atom. The van der Waals surface area contributed by atoms with Crippen LogP contribution in [0.15, 0.2) is 24.3 Å². The van der Waals surface area contributed by atoms with Gasteiger partial charge in [-0.05, 0) is 50.8 Å². The van der Waals surface area contributed by atoms with Crippen LogP contribution in [-0.2, 0) is 20.7 Å². The lowest BCUT2D eigenvalue weighted by Gasteiger charge is -2.25. The van der Waals surface area contributed by atoms with Gasteiger partial charge in [0.2, 0.25) is 0 Å². The first-order chi connectivity index (χ1) is 13.9. The zero-order chi connectivity index (χ0) is 20.7. The van der Waals surface area contributed by atoms with Crippen LogP contribution in [0.25, 0.3) is 0 Å². The standard InChI is InChI=1S/C25H38O4/c1-24(19-25(2)22(28-24)18-23(27)29-25)17-11-9-7-5-3-4-6-8-10-12-20-13-15-21(26)16-14-20/h13-16,22,26H,3-12,17-19H2,1-2H3/t22-,24-,25-/m0/s1. The van der Waals surface area contributed by atoms with E-state index in [1.165, 1.54) is 63.4 Å². The largest absolute Gasteiger partial charge is 0.508 e. The van der Waals surface area contributed by atoms with Gasteiger partial charge in [-0.25, -0.2) is 0 Å². The fraction of sp³-hybridized carbons (Fsp3) is 0.720. The molecule has 0 aromatic heterocycles. The second-order valence-electron chi connectivity index (χ2n) is 9.57. The zero-order valence-electron chi connectivity index (χ0n) is 18.3. The molecule has 3 atom stereocenters. The molecular formula is C25H38O4. The summed E-state index contributed by atoms with van der Waals surface area (Å²) in [6, 6.07) is 7.58.